The minimum absolute atomic E-state index is 0.128. The Morgan fingerprint density at radius 3 is 1.09 bits per heavy atom. The van der Waals surface area contributed by atoms with Crippen molar-refractivity contribution >= 4 is 17.1 Å². The van der Waals surface area contributed by atoms with E-state index in [9.17, 15) is 0 Å². The fourth-order valence-corrected chi connectivity index (χ4v) is 9.47. The summed E-state index contributed by atoms with van der Waals surface area (Å²) < 4.78 is 0. The third kappa shape index (κ3) is 5.22. The van der Waals surface area contributed by atoms with E-state index in [0.717, 1.165) is 17.1 Å². The lowest BCUT2D eigenvalue weighted by molar-refractivity contribution is 0.660. The summed E-state index contributed by atoms with van der Waals surface area (Å²) in [6.45, 7) is 9.49. The zero-order chi connectivity index (χ0) is 37.3. The van der Waals surface area contributed by atoms with Gasteiger partial charge in [0.25, 0.3) is 0 Å². The number of hydrogen-bond acceptors (Lipinski definition) is 1. The van der Waals surface area contributed by atoms with Gasteiger partial charge in [-0.15, -0.1) is 0 Å². The highest BCUT2D eigenvalue weighted by molar-refractivity contribution is 5.99. The van der Waals surface area contributed by atoms with Gasteiger partial charge in [0, 0.05) is 27.9 Å². The van der Waals surface area contributed by atoms with Gasteiger partial charge in [0.05, 0.1) is 0 Å². The molecule has 0 aromatic heterocycles. The maximum absolute atomic E-state index is 2.51. The SMILES string of the molecule is CC1(C)c2ccccc2-c2ccc(N(c3cc(-c4ccccc4)c(-c4ccccc4)c(-c4ccccc4)c3)c3ccc4c(c3)C(C)(C)c3ccccc3-4)cc21. The van der Waals surface area contributed by atoms with Gasteiger partial charge in [-0.3, -0.25) is 0 Å². The second-order valence-electron chi connectivity index (χ2n) is 16.2. The van der Waals surface area contributed by atoms with Crippen LogP contribution < -0.4 is 4.90 Å². The van der Waals surface area contributed by atoms with Crippen molar-refractivity contribution in [2.45, 2.75) is 38.5 Å². The highest BCUT2D eigenvalue weighted by Gasteiger charge is 2.38. The Morgan fingerprint density at radius 2 is 0.655 bits per heavy atom. The van der Waals surface area contributed by atoms with E-state index in [4.69, 9.17) is 0 Å². The predicted octanol–water partition coefficient (Wildman–Crippen LogP) is 14.8. The first-order valence-electron chi connectivity index (χ1n) is 19.4. The van der Waals surface area contributed by atoms with Gasteiger partial charge in [0.1, 0.15) is 0 Å². The number of benzene rings is 8. The van der Waals surface area contributed by atoms with Crippen molar-refractivity contribution in [2.75, 3.05) is 4.90 Å². The molecular formula is C54H43N. The van der Waals surface area contributed by atoms with E-state index in [1.54, 1.807) is 0 Å². The van der Waals surface area contributed by atoms with Crippen LogP contribution in [-0.4, -0.2) is 0 Å². The Kier molecular flexibility index (Phi) is 7.58. The van der Waals surface area contributed by atoms with Crippen molar-refractivity contribution in [3.8, 4) is 55.6 Å². The zero-order valence-electron chi connectivity index (χ0n) is 31.8. The van der Waals surface area contributed by atoms with Crippen molar-refractivity contribution in [2.24, 2.45) is 0 Å². The van der Waals surface area contributed by atoms with Crippen LogP contribution in [0.3, 0.4) is 0 Å². The Morgan fingerprint density at radius 1 is 0.291 bits per heavy atom. The molecule has 0 saturated carbocycles. The fraction of sp³-hybridized carbons (Fsp3) is 0.111. The standard InChI is InChI=1S/C54H43N/c1-53(2)48-26-16-14-24-42(48)44-30-28-39(34-50(44)53)55(40-29-31-45-43-25-15-17-27-49(43)54(3,4)51(45)35-40)41-32-46(36-18-8-5-9-19-36)52(38-22-12-7-13-23-38)47(33-41)37-20-10-6-11-21-37/h5-35H,1-4H3. The molecule has 0 aliphatic heterocycles. The minimum atomic E-state index is -0.128. The van der Waals surface area contributed by atoms with Crippen molar-refractivity contribution in [1.82, 2.24) is 0 Å². The van der Waals surface area contributed by atoms with E-state index in [1.165, 1.54) is 77.9 Å². The van der Waals surface area contributed by atoms with Gasteiger partial charge < -0.3 is 4.90 Å². The summed E-state index contributed by atoms with van der Waals surface area (Å²) in [5, 5.41) is 0. The van der Waals surface area contributed by atoms with Crippen molar-refractivity contribution < 1.29 is 0 Å². The normalized spacial score (nSPS) is 14.1. The quantitative estimate of drug-likeness (QED) is 0.166. The molecule has 2 aliphatic rings. The number of anilines is 3. The maximum Gasteiger partial charge on any atom is 0.0474 e. The molecule has 1 heteroatoms. The van der Waals surface area contributed by atoms with Crippen LogP contribution in [0.15, 0.2) is 188 Å². The number of rotatable bonds is 6. The molecule has 0 amide bonds. The van der Waals surface area contributed by atoms with Gasteiger partial charge >= 0.3 is 0 Å². The molecule has 10 rings (SSSR count). The van der Waals surface area contributed by atoms with Gasteiger partial charge in [0.2, 0.25) is 0 Å². The Balaban J connectivity index is 1.27. The lowest BCUT2D eigenvalue weighted by Crippen LogP contribution is -2.18. The molecule has 0 radical (unpaired) electrons. The second kappa shape index (κ2) is 12.6. The molecule has 0 unspecified atom stereocenters. The minimum Gasteiger partial charge on any atom is -0.310 e. The molecule has 264 valence electrons. The van der Waals surface area contributed by atoms with E-state index < -0.39 is 0 Å². The topological polar surface area (TPSA) is 3.24 Å². The molecule has 0 saturated heterocycles. The van der Waals surface area contributed by atoms with Crippen LogP contribution in [0.4, 0.5) is 17.1 Å². The van der Waals surface area contributed by atoms with Crippen LogP contribution in [0, 0.1) is 0 Å². The first kappa shape index (κ1) is 33.2. The van der Waals surface area contributed by atoms with E-state index >= 15 is 0 Å². The van der Waals surface area contributed by atoms with Gasteiger partial charge in [-0.2, -0.15) is 0 Å². The third-order valence-corrected chi connectivity index (χ3v) is 12.3. The van der Waals surface area contributed by atoms with Crippen molar-refractivity contribution in [3.63, 3.8) is 0 Å². The van der Waals surface area contributed by atoms with E-state index in [2.05, 4.69) is 221 Å². The average molecular weight is 706 g/mol. The van der Waals surface area contributed by atoms with E-state index in [1.807, 2.05) is 0 Å². The van der Waals surface area contributed by atoms with Crippen LogP contribution in [-0.2, 0) is 10.8 Å². The van der Waals surface area contributed by atoms with E-state index in [-0.39, 0.29) is 10.8 Å². The highest BCUT2D eigenvalue weighted by atomic mass is 15.1. The van der Waals surface area contributed by atoms with Crippen LogP contribution in [0.2, 0.25) is 0 Å². The Bertz CT molecular complexity index is 2570. The Labute approximate surface area is 325 Å². The van der Waals surface area contributed by atoms with Crippen LogP contribution in [0.1, 0.15) is 49.9 Å². The molecule has 0 N–H and O–H groups in total. The van der Waals surface area contributed by atoms with Crippen LogP contribution in [0.5, 0.6) is 0 Å². The fourth-order valence-electron chi connectivity index (χ4n) is 9.47. The summed E-state index contributed by atoms with van der Waals surface area (Å²) in [6, 6.07) is 69.6. The zero-order valence-corrected chi connectivity index (χ0v) is 31.8. The van der Waals surface area contributed by atoms with Gasteiger partial charge in [0.15, 0.2) is 0 Å². The molecule has 8 aromatic carbocycles. The molecule has 1 nitrogen and oxygen atoms in total. The highest BCUT2D eigenvalue weighted by Crippen LogP contribution is 2.54. The molecule has 55 heavy (non-hydrogen) atoms. The van der Waals surface area contributed by atoms with Gasteiger partial charge in [-0.25, -0.2) is 0 Å². The van der Waals surface area contributed by atoms with Crippen LogP contribution in [0.25, 0.3) is 55.6 Å². The summed E-state index contributed by atoms with van der Waals surface area (Å²) >= 11 is 0. The molecule has 0 bridgehead atoms. The molecule has 2 aliphatic carbocycles. The van der Waals surface area contributed by atoms with Crippen molar-refractivity contribution in [3.05, 3.63) is 210 Å². The van der Waals surface area contributed by atoms with Crippen molar-refractivity contribution in [1.29, 1.82) is 0 Å². The summed E-state index contributed by atoms with van der Waals surface area (Å²) in [6.07, 6.45) is 0. The summed E-state index contributed by atoms with van der Waals surface area (Å²) in [7, 11) is 0. The molecule has 0 spiro atoms. The summed E-state index contributed by atoms with van der Waals surface area (Å²) in [4.78, 5) is 2.51. The average Bonchev–Trinajstić information content (AvgIpc) is 3.60. The first-order chi connectivity index (χ1) is 26.8. The smallest absolute Gasteiger partial charge is 0.0474 e. The number of hydrogen-bond donors (Lipinski definition) is 0. The number of nitrogens with zero attached hydrogens (tertiary/aromatic N) is 1. The molecule has 0 fully saturated rings. The largest absolute Gasteiger partial charge is 0.310 e. The summed E-state index contributed by atoms with van der Waals surface area (Å²) in [5.41, 5.74) is 21.2. The molecular weight excluding hydrogens is 663 g/mol. The monoisotopic (exact) mass is 705 g/mol. The lowest BCUT2D eigenvalue weighted by Gasteiger charge is -2.31. The van der Waals surface area contributed by atoms with Gasteiger partial charge in [-0.05, 0) is 114 Å². The third-order valence-electron chi connectivity index (χ3n) is 12.3. The van der Waals surface area contributed by atoms with Crippen LogP contribution >= 0.6 is 0 Å². The molecule has 8 aromatic rings. The number of fused-ring (bicyclic) bond motifs is 6. The first-order valence-corrected chi connectivity index (χ1v) is 19.4. The van der Waals surface area contributed by atoms with E-state index in [0.29, 0.717) is 0 Å². The predicted molar refractivity (Wildman–Crippen MR) is 233 cm³/mol. The second-order valence-corrected chi connectivity index (χ2v) is 16.2. The molecule has 0 heterocycles. The maximum atomic E-state index is 2.51. The van der Waals surface area contributed by atoms with Gasteiger partial charge in [-0.1, -0.05) is 179 Å². The summed E-state index contributed by atoms with van der Waals surface area (Å²) in [5.74, 6) is 0. The lowest BCUT2D eigenvalue weighted by atomic mass is 9.82. The molecule has 0 atom stereocenters. The Hall–Kier alpha value is -6.44.